The monoisotopic (exact) mass is 258 g/mol. The Morgan fingerprint density at radius 3 is 2.65 bits per heavy atom. The van der Waals surface area contributed by atoms with Crippen molar-refractivity contribution in [1.82, 2.24) is 14.1 Å². The summed E-state index contributed by atoms with van der Waals surface area (Å²) in [7, 11) is -1.71. The fraction of sp³-hybridized carbons (Fsp3) is 0.700. The van der Waals surface area contributed by atoms with Gasteiger partial charge in [0.25, 0.3) is 0 Å². The predicted molar refractivity (Wildman–Crippen MR) is 63.8 cm³/mol. The van der Waals surface area contributed by atoms with Crippen LogP contribution in [-0.4, -0.2) is 41.1 Å². The lowest BCUT2D eigenvalue weighted by molar-refractivity contribution is 0.147. The van der Waals surface area contributed by atoms with Crippen molar-refractivity contribution >= 4 is 10.0 Å². The van der Waals surface area contributed by atoms with Crippen molar-refractivity contribution in [2.45, 2.75) is 30.2 Å². The van der Waals surface area contributed by atoms with Crippen LogP contribution in [0.3, 0.4) is 0 Å². The topological polar surface area (TPSA) is 81.2 Å². The quantitative estimate of drug-likeness (QED) is 0.819. The molecule has 1 saturated heterocycles. The van der Waals surface area contributed by atoms with E-state index < -0.39 is 10.0 Å². The standard InChI is InChI=1S/C10H18N4O2S/c1-3-4-10(11)7-14(8-10)17(15,16)9-5-12-13(2)6-9/h5-6H,3-4,7-8,11H2,1-2H3. The summed E-state index contributed by atoms with van der Waals surface area (Å²) >= 11 is 0. The molecular formula is C10H18N4O2S. The molecule has 17 heavy (non-hydrogen) atoms. The normalized spacial score (nSPS) is 20.2. The van der Waals surface area contributed by atoms with Crippen molar-refractivity contribution in [2.24, 2.45) is 12.8 Å². The third kappa shape index (κ3) is 2.22. The second kappa shape index (κ2) is 4.08. The molecule has 96 valence electrons. The third-order valence-corrected chi connectivity index (χ3v) is 4.79. The first-order valence-corrected chi connectivity index (χ1v) is 7.09. The smallest absolute Gasteiger partial charge is 0.246 e. The van der Waals surface area contributed by atoms with E-state index in [1.807, 2.05) is 6.92 Å². The maximum absolute atomic E-state index is 12.1. The molecule has 0 spiro atoms. The number of hydrogen-bond donors (Lipinski definition) is 1. The van der Waals surface area contributed by atoms with Gasteiger partial charge in [-0.15, -0.1) is 0 Å². The van der Waals surface area contributed by atoms with E-state index in [1.54, 1.807) is 7.05 Å². The SMILES string of the molecule is CCCC1(N)CN(S(=O)(=O)c2cnn(C)c2)C1. The summed E-state index contributed by atoms with van der Waals surface area (Å²) in [5.74, 6) is 0. The number of hydrogen-bond acceptors (Lipinski definition) is 4. The molecular weight excluding hydrogens is 240 g/mol. The minimum absolute atomic E-state index is 0.235. The maximum atomic E-state index is 12.1. The molecule has 1 aliphatic rings. The van der Waals surface area contributed by atoms with E-state index in [1.165, 1.54) is 21.4 Å². The molecule has 6 nitrogen and oxygen atoms in total. The average Bonchev–Trinajstić information content (AvgIpc) is 2.62. The maximum Gasteiger partial charge on any atom is 0.246 e. The Morgan fingerprint density at radius 1 is 1.53 bits per heavy atom. The molecule has 0 radical (unpaired) electrons. The van der Waals surface area contributed by atoms with Crippen LogP contribution in [0.2, 0.25) is 0 Å². The van der Waals surface area contributed by atoms with E-state index in [9.17, 15) is 8.42 Å². The van der Waals surface area contributed by atoms with Gasteiger partial charge in [0.2, 0.25) is 10.0 Å². The van der Waals surface area contributed by atoms with E-state index in [2.05, 4.69) is 5.10 Å². The number of aromatic nitrogens is 2. The molecule has 1 aromatic rings. The van der Waals surface area contributed by atoms with Crippen LogP contribution in [-0.2, 0) is 17.1 Å². The minimum Gasteiger partial charge on any atom is -0.323 e. The highest BCUT2D eigenvalue weighted by molar-refractivity contribution is 7.89. The molecule has 1 fully saturated rings. The van der Waals surface area contributed by atoms with E-state index in [0.717, 1.165) is 12.8 Å². The second-order valence-corrected chi connectivity index (χ2v) is 6.67. The van der Waals surface area contributed by atoms with E-state index >= 15 is 0 Å². The Bertz CT molecular complexity index is 502. The van der Waals surface area contributed by atoms with Crippen LogP contribution in [0.1, 0.15) is 19.8 Å². The van der Waals surface area contributed by atoms with E-state index in [0.29, 0.717) is 13.1 Å². The zero-order valence-corrected chi connectivity index (χ0v) is 10.9. The van der Waals surface area contributed by atoms with Crippen LogP contribution in [0, 0.1) is 0 Å². The Labute approximate surface area is 101 Å². The molecule has 1 aromatic heterocycles. The van der Waals surface area contributed by atoms with Crippen molar-refractivity contribution in [1.29, 1.82) is 0 Å². The van der Waals surface area contributed by atoms with Gasteiger partial charge in [-0.3, -0.25) is 4.68 Å². The summed E-state index contributed by atoms with van der Waals surface area (Å²) in [6.45, 7) is 2.85. The molecule has 0 aromatic carbocycles. The van der Waals surface area contributed by atoms with Crippen molar-refractivity contribution in [3.8, 4) is 0 Å². The van der Waals surface area contributed by atoms with Crippen LogP contribution < -0.4 is 5.73 Å². The van der Waals surface area contributed by atoms with Crippen LogP contribution in [0.25, 0.3) is 0 Å². The van der Waals surface area contributed by atoms with Crippen molar-refractivity contribution in [3.05, 3.63) is 12.4 Å². The van der Waals surface area contributed by atoms with Gasteiger partial charge in [-0.1, -0.05) is 13.3 Å². The van der Waals surface area contributed by atoms with Gasteiger partial charge in [0.15, 0.2) is 0 Å². The van der Waals surface area contributed by atoms with Gasteiger partial charge in [0.05, 0.1) is 6.20 Å². The molecule has 0 unspecified atom stereocenters. The van der Waals surface area contributed by atoms with Crippen LogP contribution in [0.15, 0.2) is 17.3 Å². The van der Waals surface area contributed by atoms with Crippen LogP contribution in [0.5, 0.6) is 0 Å². The summed E-state index contributed by atoms with van der Waals surface area (Å²) < 4.78 is 27.2. The van der Waals surface area contributed by atoms with Gasteiger partial charge in [-0.2, -0.15) is 9.40 Å². The average molecular weight is 258 g/mol. The lowest BCUT2D eigenvalue weighted by Crippen LogP contribution is -2.68. The molecule has 7 heteroatoms. The van der Waals surface area contributed by atoms with Gasteiger partial charge >= 0.3 is 0 Å². The largest absolute Gasteiger partial charge is 0.323 e. The molecule has 2 heterocycles. The number of rotatable bonds is 4. The fourth-order valence-corrected chi connectivity index (χ4v) is 3.78. The molecule has 0 bridgehead atoms. The van der Waals surface area contributed by atoms with Crippen molar-refractivity contribution < 1.29 is 8.42 Å². The third-order valence-electron chi connectivity index (χ3n) is 3.05. The fourth-order valence-electron chi connectivity index (χ4n) is 2.16. The molecule has 0 saturated carbocycles. The van der Waals surface area contributed by atoms with Gasteiger partial charge in [-0.05, 0) is 6.42 Å². The summed E-state index contributed by atoms with van der Waals surface area (Å²) in [4.78, 5) is 0.235. The first-order valence-electron chi connectivity index (χ1n) is 5.65. The molecule has 0 atom stereocenters. The highest BCUT2D eigenvalue weighted by atomic mass is 32.2. The number of nitrogens with zero attached hydrogens (tertiary/aromatic N) is 3. The molecule has 1 aliphatic heterocycles. The molecule has 0 aliphatic carbocycles. The Kier molecular flexibility index (Phi) is 3.01. The van der Waals surface area contributed by atoms with Crippen molar-refractivity contribution in [2.75, 3.05) is 13.1 Å². The molecule has 2 N–H and O–H groups in total. The number of sulfonamides is 1. The second-order valence-electron chi connectivity index (χ2n) is 4.74. The summed E-state index contributed by atoms with van der Waals surface area (Å²) in [5, 5.41) is 3.88. The van der Waals surface area contributed by atoms with Crippen molar-refractivity contribution in [3.63, 3.8) is 0 Å². The highest BCUT2D eigenvalue weighted by Gasteiger charge is 2.45. The van der Waals surface area contributed by atoms with Crippen LogP contribution in [0.4, 0.5) is 0 Å². The lowest BCUT2D eigenvalue weighted by atomic mass is 9.89. The Hall–Kier alpha value is -0.920. The van der Waals surface area contributed by atoms with E-state index in [-0.39, 0.29) is 10.4 Å². The molecule has 0 amide bonds. The summed E-state index contributed by atoms with van der Waals surface area (Å²) in [6, 6.07) is 0. The highest BCUT2D eigenvalue weighted by Crippen LogP contribution is 2.29. The van der Waals surface area contributed by atoms with Crippen LogP contribution >= 0.6 is 0 Å². The first kappa shape index (κ1) is 12.5. The number of aryl methyl sites for hydroxylation is 1. The van der Waals surface area contributed by atoms with E-state index in [4.69, 9.17) is 5.73 Å². The Balaban J connectivity index is 2.11. The van der Waals surface area contributed by atoms with Gasteiger partial charge in [-0.25, -0.2) is 8.42 Å². The lowest BCUT2D eigenvalue weighted by Gasteiger charge is -2.46. The predicted octanol–water partition coefficient (Wildman–Crippen LogP) is -0.0780. The molecule has 2 rings (SSSR count). The number of nitrogens with two attached hydrogens (primary N) is 1. The first-order chi connectivity index (χ1) is 7.87. The summed E-state index contributed by atoms with van der Waals surface area (Å²) in [5.41, 5.74) is 5.71. The summed E-state index contributed by atoms with van der Waals surface area (Å²) in [6.07, 6.45) is 4.70. The van der Waals surface area contributed by atoms with Gasteiger partial charge in [0, 0.05) is 31.9 Å². The zero-order valence-electron chi connectivity index (χ0n) is 10.1. The Morgan fingerprint density at radius 2 is 2.18 bits per heavy atom. The minimum atomic E-state index is -3.40. The zero-order chi connectivity index (χ0) is 12.7. The van der Waals surface area contributed by atoms with Gasteiger partial charge in [0.1, 0.15) is 4.90 Å². The van der Waals surface area contributed by atoms with Gasteiger partial charge < -0.3 is 5.73 Å².